The van der Waals surface area contributed by atoms with Gasteiger partial charge in [0.15, 0.2) is 0 Å². The molecule has 1 atom stereocenters. The summed E-state index contributed by atoms with van der Waals surface area (Å²) in [6.45, 7) is 2.33. The van der Waals surface area contributed by atoms with Crippen molar-refractivity contribution in [1.29, 1.82) is 0 Å². The number of pyridine rings is 1. The first kappa shape index (κ1) is 27.3. The van der Waals surface area contributed by atoms with Gasteiger partial charge in [0.1, 0.15) is 0 Å². The van der Waals surface area contributed by atoms with Gasteiger partial charge < -0.3 is 15.3 Å². The summed E-state index contributed by atoms with van der Waals surface area (Å²) in [7, 11) is 0. The molecule has 7 heteroatoms. The van der Waals surface area contributed by atoms with Gasteiger partial charge in [-0.25, -0.2) is 0 Å². The molecule has 7 nitrogen and oxygen atoms in total. The Bertz CT molecular complexity index is 1420. The molecule has 0 aliphatic rings. The van der Waals surface area contributed by atoms with Gasteiger partial charge in [0.25, 0.3) is 11.8 Å². The van der Waals surface area contributed by atoms with E-state index in [1.807, 2.05) is 73.7 Å². The zero-order valence-electron chi connectivity index (χ0n) is 21.8. The molecule has 1 unspecified atom stereocenters. The van der Waals surface area contributed by atoms with E-state index < -0.39 is 5.97 Å². The molecule has 0 saturated carbocycles. The van der Waals surface area contributed by atoms with E-state index >= 15 is 0 Å². The molecule has 0 saturated heterocycles. The van der Waals surface area contributed by atoms with Crippen molar-refractivity contribution in [3.63, 3.8) is 0 Å². The van der Waals surface area contributed by atoms with E-state index in [1.54, 1.807) is 41.6 Å². The Balaban J connectivity index is 1.63. The topological polar surface area (TPSA) is 99.6 Å². The minimum atomic E-state index is -0.975. The van der Waals surface area contributed by atoms with Gasteiger partial charge in [-0.15, -0.1) is 0 Å². The van der Waals surface area contributed by atoms with Crippen molar-refractivity contribution >= 4 is 17.8 Å². The average Bonchev–Trinajstić information content (AvgIpc) is 2.97. The fourth-order valence-corrected chi connectivity index (χ4v) is 4.45. The third-order valence-corrected chi connectivity index (χ3v) is 6.54. The van der Waals surface area contributed by atoms with E-state index in [-0.39, 0.29) is 30.8 Å². The van der Waals surface area contributed by atoms with Crippen LogP contribution in [0.4, 0.5) is 0 Å². The second-order valence-corrected chi connectivity index (χ2v) is 9.24. The third kappa shape index (κ3) is 7.17. The van der Waals surface area contributed by atoms with Crippen LogP contribution in [0.15, 0.2) is 103 Å². The van der Waals surface area contributed by atoms with Crippen LogP contribution in [0.3, 0.4) is 0 Å². The van der Waals surface area contributed by atoms with Crippen molar-refractivity contribution in [2.24, 2.45) is 0 Å². The van der Waals surface area contributed by atoms with E-state index in [4.69, 9.17) is 0 Å². The number of carbonyl (C=O) groups is 3. The maximum absolute atomic E-state index is 13.8. The molecular formula is C32H31N3O4. The van der Waals surface area contributed by atoms with Crippen molar-refractivity contribution in [3.8, 4) is 11.1 Å². The molecule has 1 heterocycles. The summed E-state index contributed by atoms with van der Waals surface area (Å²) in [6.07, 6.45) is 3.79. The van der Waals surface area contributed by atoms with Gasteiger partial charge in [0.05, 0.1) is 12.5 Å². The summed E-state index contributed by atoms with van der Waals surface area (Å²) in [5.74, 6) is -1.51. The molecule has 0 radical (unpaired) electrons. The number of aromatic nitrogens is 1. The van der Waals surface area contributed by atoms with E-state index in [2.05, 4.69) is 10.3 Å². The molecule has 0 fully saturated rings. The van der Waals surface area contributed by atoms with Crippen LogP contribution in [0.2, 0.25) is 0 Å². The molecular weight excluding hydrogens is 490 g/mol. The van der Waals surface area contributed by atoms with E-state index in [0.29, 0.717) is 35.2 Å². The number of carbonyl (C=O) groups excluding carboxylic acids is 2. The summed E-state index contributed by atoms with van der Waals surface area (Å²) in [6, 6.07) is 27.6. The number of benzene rings is 3. The van der Waals surface area contributed by atoms with Crippen LogP contribution in [-0.4, -0.2) is 45.9 Å². The Morgan fingerprint density at radius 3 is 2.13 bits per heavy atom. The van der Waals surface area contributed by atoms with Crippen molar-refractivity contribution in [2.45, 2.75) is 25.8 Å². The number of rotatable bonds is 11. The van der Waals surface area contributed by atoms with Gasteiger partial charge in [-0.3, -0.25) is 19.4 Å². The van der Waals surface area contributed by atoms with Crippen molar-refractivity contribution in [2.75, 3.05) is 13.1 Å². The first-order chi connectivity index (χ1) is 18.9. The summed E-state index contributed by atoms with van der Waals surface area (Å²) < 4.78 is 0. The SMILES string of the molecule is CC(NC(=O)c1ccccc1-c1ccccc1C(=O)N(CCC(=O)O)CCc1cccnc1)c1ccccc1. The van der Waals surface area contributed by atoms with Gasteiger partial charge >= 0.3 is 5.97 Å². The molecule has 4 rings (SSSR count). The Labute approximate surface area is 228 Å². The zero-order chi connectivity index (χ0) is 27.6. The highest BCUT2D eigenvalue weighted by Gasteiger charge is 2.23. The molecule has 0 spiro atoms. The minimum Gasteiger partial charge on any atom is -0.481 e. The Hall–Kier alpha value is -4.78. The minimum absolute atomic E-state index is 0.0689. The highest BCUT2D eigenvalue weighted by Crippen LogP contribution is 2.29. The van der Waals surface area contributed by atoms with Crippen LogP contribution in [0, 0.1) is 0 Å². The smallest absolute Gasteiger partial charge is 0.305 e. The molecule has 198 valence electrons. The average molecular weight is 522 g/mol. The maximum Gasteiger partial charge on any atom is 0.305 e. The lowest BCUT2D eigenvalue weighted by atomic mass is 9.94. The first-order valence-electron chi connectivity index (χ1n) is 12.9. The van der Waals surface area contributed by atoms with Crippen molar-refractivity contribution < 1.29 is 19.5 Å². The lowest BCUT2D eigenvalue weighted by Crippen LogP contribution is -2.35. The molecule has 0 bridgehead atoms. The van der Waals surface area contributed by atoms with Crippen LogP contribution >= 0.6 is 0 Å². The number of hydrogen-bond acceptors (Lipinski definition) is 4. The van der Waals surface area contributed by atoms with Crippen molar-refractivity contribution in [3.05, 3.63) is 126 Å². The lowest BCUT2D eigenvalue weighted by molar-refractivity contribution is -0.137. The van der Waals surface area contributed by atoms with Crippen molar-refractivity contribution in [1.82, 2.24) is 15.2 Å². The number of amides is 2. The fourth-order valence-electron chi connectivity index (χ4n) is 4.45. The van der Waals surface area contributed by atoms with Crippen LogP contribution in [-0.2, 0) is 11.2 Å². The highest BCUT2D eigenvalue weighted by molar-refractivity contribution is 6.06. The summed E-state index contributed by atoms with van der Waals surface area (Å²) >= 11 is 0. The molecule has 2 N–H and O–H groups in total. The maximum atomic E-state index is 13.8. The van der Waals surface area contributed by atoms with Crippen LogP contribution < -0.4 is 5.32 Å². The second-order valence-electron chi connectivity index (χ2n) is 9.24. The number of aliphatic carboxylic acids is 1. The van der Waals surface area contributed by atoms with E-state index in [0.717, 1.165) is 11.1 Å². The Morgan fingerprint density at radius 1 is 0.821 bits per heavy atom. The summed E-state index contributed by atoms with van der Waals surface area (Å²) in [5, 5.41) is 12.4. The number of carboxylic acid groups (broad SMARTS) is 1. The normalized spacial score (nSPS) is 11.4. The van der Waals surface area contributed by atoms with Gasteiger partial charge in [-0.1, -0.05) is 72.8 Å². The molecule has 0 aliphatic heterocycles. The number of nitrogens with one attached hydrogen (secondary N) is 1. The Kier molecular flexibility index (Phi) is 9.19. The number of carboxylic acids is 1. The van der Waals surface area contributed by atoms with Gasteiger partial charge in [-0.05, 0) is 53.8 Å². The molecule has 39 heavy (non-hydrogen) atoms. The fraction of sp³-hybridized carbons (Fsp3) is 0.188. The second kappa shape index (κ2) is 13.1. The lowest BCUT2D eigenvalue weighted by Gasteiger charge is -2.24. The van der Waals surface area contributed by atoms with Gasteiger partial charge in [0, 0.05) is 36.6 Å². The summed E-state index contributed by atoms with van der Waals surface area (Å²) in [5.41, 5.74) is 4.04. The third-order valence-electron chi connectivity index (χ3n) is 6.54. The van der Waals surface area contributed by atoms with Crippen LogP contribution in [0.1, 0.15) is 51.2 Å². The van der Waals surface area contributed by atoms with Crippen LogP contribution in [0.25, 0.3) is 11.1 Å². The van der Waals surface area contributed by atoms with Gasteiger partial charge in [-0.2, -0.15) is 0 Å². The highest BCUT2D eigenvalue weighted by atomic mass is 16.4. The zero-order valence-corrected chi connectivity index (χ0v) is 21.8. The standard InChI is InChI=1S/C32H31N3O4/c1-23(25-11-3-2-4-12-25)34-31(38)28-15-7-5-13-26(28)27-14-6-8-16-29(27)32(39)35(21-18-30(36)37)20-17-24-10-9-19-33-22-24/h2-16,19,22-23H,17-18,20-21H2,1H3,(H,34,38)(H,36,37). The quantitative estimate of drug-likeness (QED) is 0.275. The molecule has 3 aromatic carbocycles. The summed E-state index contributed by atoms with van der Waals surface area (Å²) in [4.78, 5) is 44.3. The van der Waals surface area contributed by atoms with Gasteiger partial charge in [0.2, 0.25) is 0 Å². The Morgan fingerprint density at radius 2 is 1.46 bits per heavy atom. The first-order valence-corrected chi connectivity index (χ1v) is 12.9. The number of nitrogens with zero attached hydrogens (tertiary/aromatic N) is 2. The monoisotopic (exact) mass is 521 g/mol. The largest absolute Gasteiger partial charge is 0.481 e. The molecule has 2 amide bonds. The number of hydrogen-bond donors (Lipinski definition) is 2. The molecule has 4 aromatic rings. The van der Waals surface area contributed by atoms with E-state index in [1.165, 1.54) is 0 Å². The predicted molar refractivity (Wildman–Crippen MR) is 150 cm³/mol. The van der Waals surface area contributed by atoms with E-state index in [9.17, 15) is 19.5 Å². The van der Waals surface area contributed by atoms with Crippen LogP contribution in [0.5, 0.6) is 0 Å². The molecule has 1 aromatic heterocycles. The molecule has 0 aliphatic carbocycles. The predicted octanol–water partition coefficient (Wildman–Crippen LogP) is 5.40.